The number of aliphatic hydroxyl groups is 1. The predicted octanol–water partition coefficient (Wildman–Crippen LogP) is 3.14. The summed E-state index contributed by atoms with van der Waals surface area (Å²) in [7, 11) is 1.63. The summed E-state index contributed by atoms with van der Waals surface area (Å²) in [5.74, 6) is 0.0761. The highest BCUT2D eigenvalue weighted by Crippen LogP contribution is 2.42. The van der Waals surface area contributed by atoms with Crippen molar-refractivity contribution in [1.29, 1.82) is 0 Å². The van der Waals surface area contributed by atoms with Gasteiger partial charge in [-0.1, -0.05) is 48.6 Å². The Morgan fingerprint density at radius 3 is 2.53 bits per heavy atom. The van der Waals surface area contributed by atoms with E-state index < -0.39 is 18.2 Å². The van der Waals surface area contributed by atoms with Crippen LogP contribution in [0.4, 0.5) is 0 Å². The van der Waals surface area contributed by atoms with E-state index in [2.05, 4.69) is 29.1 Å². The number of benzene rings is 2. The van der Waals surface area contributed by atoms with Crippen LogP contribution in [0.5, 0.6) is 5.75 Å². The highest BCUT2D eigenvalue weighted by Gasteiger charge is 2.33. The van der Waals surface area contributed by atoms with Crippen molar-refractivity contribution in [3.63, 3.8) is 0 Å². The zero-order valence-electron chi connectivity index (χ0n) is 22.2. The van der Waals surface area contributed by atoms with Gasteiger partial charge in [0.1, 0.15) is 11.8 Å². The Balaban J connectivity index is 1.74. The second-order valence-electron chi connectivity index (χ2n) is 9.45. The maximum atomic E-state index is 13.1. The molecule has 2 aromatic rings. The molecular weight excluding hydrogens is 482 g/mol. The molecular formula is C30H39N3O5. The van der Waals surface area contributed by atoms with Gasteiger partial charge in [0.2, 0.25) is 11.8 Å². The largest absolute Gasteiger partial charge is 0.497 e. The molecule has 1 aliphatic carbocycles. The Morgan fingerprint density at radius 2 is 1.87 bits per heavy atom. The zero-order chi connectivity index (χ0) is 27.5. The van der Waals surface area contributed by atoms with Crippen molar-refractivity contribution < 1.29 is 24.2 Å². The lowest BCUT2D eigenvalue weighted by atomic mass is 9.99. The van der Waals surface area contributed by atoms with Gasteiger partial charge in [-0.05, 0) is 48.1 Å². The molecule has 4 N–H and O–H groups in total. The molecule has 8 nitrogen and oxygen atoms in total. The first-order valence-corrected chi connectivity index (χ1v) is 12.9. The molecule has 5 atom stereocenters. The van der Waals surface area contributed by atoms with Crippen molar-refractivity contribution in [3.05, 3.63) is 90.5 Å². The molecule has 2 amide bonds. The van der Waals surface area contributed by atoms with E-state index in [4.69, 9.17) is 9.47 Å². The van der Waals surface area contributed by atoms with E-state index in [1.165, 1.54) is 6.92 Å². The van der Waals surface area contributed by atoms with E-state index in [1.54, 1.807) is 19.3 Å². The van der Waals surface area contributed by atoms with E-state index in [-0.39, 0.29) is 36.9 Å². The lowest BCUT2D eigenvalue weighted by molar-refractivity contribution is -0.129. The predicted molar refractivity (Wildman–Crippen MR) is 148 cm³/mol. The topological polar surface area (TPSA) is 109 Å². The molecule has 0 bridgehead atoms. The fourth-order valence-corrected chi connectivity index (χ4v) is 4.76. The summed E-state index contributed by atoms with van der Waals surface area (Å²) in [6.45, 7) is 9.47. The lowest BCUT2D eigenvalue weighted by Crippen LogP contribution is -2.54. The van der Waals surface area contributed by atoms with Gasteiger partial charge in [0.15, 0.2) is 0 Å². The molecule has 0 aromatic heterocycles. The number of fused-ring (bicyclic) bond motifs is 1. The van der Waals surface area contributed by atoms with Gasteiger partial charge in [0.05, 0.1) is 32.0 Å². The second kappa shape index (κ2) is 14.5. The van der Waals surface area contributed by atoms with Crippen molar-refractivity contribution in [2.75, 3.05) is 20.3 Å². The molecule has 204 valence electrons. The molecule has 1 unspecified atom stereocenters. The van der Waals surface area contributed by atoms with Gasteiger partial charge in [0, 0.05) is 19.5 Å². The molecule has 2 aromatic carbocycles. The minimum atomic E-state index is -0.900. The number of hydrogen-bond donors (Lipinski definition) is 4. The number of amides is 2. The summed E-state index contributed by atoms with van der Waals surface area (Å²) < 4.78 is 11.4. The van der Waals surface area contributed by atoms with Crippen molar-refractivity contribution in [2.45, 2.75) is 56.5 Å². The number of carbonyl (C=O) groups excluding carboxylic acids is 2. The van der Waals surface area contributed by atoms with Crippen LogP contribution < -0.4 is 20.7 Å². The Kier molecular flexibility index (Phi) is 11.1. The van der Waals surface area contributed by atoms with Crippen LogP contribution in [0.3, 0.4) is 0 Å². The first kappa shape index (κ1) is 29.1. The third-order valence-electron chi connectivity index (χ3n) is 6.64. The Morgan fingerprint density at radius 1 is 1.11 bits per heavy atom. The smallest absolute Gasteiger partial charge is 0.243 e. The van der Waals surface area contributed by atoms with Gasteiger partial charge in [-0.25, -0.2) is 0 Å². The summed E-state index contributed by atoms with van der Waals surface area (Å²) in [5, 5.41) is 20.4. The van der Waals surface area contributed by atoms with Crippen molar-refractivity contribution >= 4 is 11.8 Å². The van der Waals surface area contributed by atoms with Crippen LogP contribution in [-0.4, -0.2) is 55.4 Å². The van der Waals surface area contributed by atoms with Crippen LogP contribution in [0.2, 0.25) is 0 Å². The first-order valence-electron chi connectivity index (χ1n) is 12.9. The SMILES string of the molecule is C=CCO[C@@H]1C[C@H](NC[C@@H](O)[C@H](Cc2ccccc2)NC(=O)C(CC=C)NC(C)=O)c2cc(OC)ccc21. The molecule has 0 aliphatic heterocycles. The van der Waals surface area contributed by atoms with E-state index in [0.29, 0.717) is 19.4 Å². The van der Waals surface area contributed by atoms with Crippen LogP contribution in [0.15, 0.2) is 73.8 Å². The molecule has 1 aliphatic rings. The third-order valence-corrected chi connectivity index (χ3v) is 6.64. The summed E-state index contributed by atoms with van der Waals surface area (Å²) >= 11 is 0. The Hall–Kier alpha value is -3.46. The summed E-state index contributed by atoms with van der Waals surface area (Å²) in [6.07, 6.45) is 3.72. The van der Waals surface area contributed by atoms with Gasteiger partial charge in [-0.15, -0.1) is 13.2 Å². The molecule has 0 heterocycles. The molecule has 0 fully saturated rings. The third kappa shape index (κ3) is 8.02. The van der Waals surface area contributed by atoms with E-state index in [0.717, 1.165) is 22.4 Å². The highest BCUT2D eigenvalue weighted by atomic mass is 16.5. The number of aliphatic hydroxyl groups excluding tert-OH is 1. The fraction of sp³-hybridized carbons (Fsp3) is 0.400. The monoisotopic (exact) mass is 521 g/mol. The summed E-state index contributed by atoms with van der Waals surface area (Å²) in [5.41, 5.74) is 3.12. The Labute approximate surface area is 225 Å². The summed E-state index contributed by atoms with van der Waals surface area (Å²) in [4.78, 5) is 24.7. The van der Waals surface area contributed by atoms with Gasteiger partial charge < -0.3 is 30.5 Å². The molecule has 0 spiro atoms. The number of methoxy groups -OCH3 is 1. The number of rotatable bonds is 15. The van der Waals surface area contributed by atoms with Crippen molar-refractivity contribution in [1.82, 2.24) is 16.0 Å². The van der Waals surface area contributed by atoms with Crippen molar-refractivity contribution in [3.8, 4) is 5.75 Å². The molecule has 0 saturated heterocycles. The van der Waals surface area contributed by atoms with Crippen LogP contribution in [-0.2, 0) is 20.7 Å². The molecule has 0 saturated carbocycles. The Bertz CT molecular complexity index is 1090. The quantitative estimate of drug-likeness (QED) is 0.268. The standard InChI is InChI=1S/C30H39N3O5/c1-5-10-25(32-20(3)34)30(36)33-27(16-21-11-8-7-9-12-21)28(35)19-31-26-18-29(38-15-6-2)23-14-13-22(37-4)17-24(23)26/h5-9,11-14,17,25-29,31,35H,1-2,10,15-16,18-19H2,3-4H3,(H,32,34)(H,33,36)/t25?,26-,27-,28+,29+/m0/s1. The van der Waals surface area contributed by atoms with Gasteiger partial charge >= 0.3 is 0 Å². The minimum absolute atomic E-state index is 0.0643. The lowest BCUT2D eigenvalue weighted by Gasteiger charge is -2.28. The maximum absolute atomic E-state index is 13.1. The average Bonchev–Trinajstić information content (AvgIpc) is 3.26. The molecule has 0 radical (unpaired) electrons. The van der Waals surface area contributed by atoms with Crippen LogP contribution in [0, 0.1) is 0 Å². The van der Waals surface area contributed by atoms with E-state index in [9.17, 15) is 14.7 Å². The van der Waals surface area contributed by atoms with E-state index in [1.807, 2.05) is 48.5 Å². The van der Waals surface area contributed by atoms with Crippen molar-refractivity contribution in [2.24, 2.45) is 0 Å². The second-order valence-corrected chi connectivity index (χ2v) is 9.45. The summed E-state index contributed by atoms with van der Waals surface area (Å²) in [6, 6.07) is 14.2. The van der Waals surface area contributed by atoms with Gasteiger partial charge in [0.25, 0.3) is 0 Å². The highest BCUT2D eigenvalue weighted by molar-refractivity contribution is 5.87. The van der Waals surface area contributed by atoms with Crippen LogP contribution in [0.25, 0.3) is 0 Å². The number of nitrogens with one attached hydrogen (secondary N) is 3. The maximum Gasteiger partial charge on any atom is 0.243 e. The number of carbonyl (C=O) groups is 2. The normalized spacial score (nSPS) is 18.5. The first-order chi connectivity index (χ1) is 18.4. The van der Waals surface area contributed by atoms with Crippen LogP contribution >= 0.6 is 0 Å². The molecule has 8 heteroatoms. The minimum Gasteiger partial charge on any atom is -0.497 e. The van der Waals surface area contributed by atoms with Gasteiger partial charge in [-0.2, -0.15) is 0 Å². The molecule has 38 heavy (non-hydrogen) atoms. The average molecular weight is 522 g/mol. The number of ether oxygens (including phenoxy) is 2. The van der Waals surface area contributed by atoms with E-state index >= 15 is 0 Å². The van der Waals surface area contributed by atoms with Gasteiger partial charge in [-0.3, -0.25) is 9.59 Å². The zero-order valence-corrected chi connectivity index (χ0v) is 22.2. The van der Waals surface area contributed by atoms with Crippen LogP contribution in [0.1, 0.15) is 48.6 Å². The fourth-order valence-electron chi connectivity index (χ4n) is 4.76. The molecule has 3 rings (SSSR count). The number of hydrogen-bond acceptors (Lipinski definition) is 6.